The highest BCUT2D eigenvalue weighted by molar-refractivity contribution is 6.35. The SMILES string of the molecule is Fc1c(Cl)cc(-n2ccnc2NC2CCCCC2)cc1Cl. The molecule has 1 fully saturated rings. The zero-order valence-corrected chi connectivity index (χ0v) is 13.0. The molecule has 112 valence electrons. The minimum atomic E-state index is -0.594. The Bertz CT molecular complexity index is 613. The van der Waals surface area contributed by atoms with E-state index in [-0.39, 0.29) is 10.0 Å². The van der Waals surface area contributed by atoms with E-state index in [1.807, 2.05) is 10.8 Å². The molecule has 0 atom stereocenters. The number of aromatic nitrogens is 2. The Morgan fingerprint density at radius 3 is 2.48 bits per heavy atom. The number of hydrogen-bond acceptors (Lipinski definition) is 2. The average molecular weight is 328 g/mol. The summed E-state index contributed by atoms with van der Waals surface area (Å²) < 4.78 is 15.4. The van der Waals surface area contributed by atoms with Gasteiger partial charge in [-0.1, -0.05) is 42.5 Å². The molecule has 0 unspecified atom stereocenters. The summed E-state index contributed by atoms with van der Waals surface area (Å²) in [5, 5.41) is 3.47. The van der Waals surface area contributed by atoms with E-state index < -0.39 is 5.82 Å². The molecule has 1 aliphatic rings. The second-order valence-electron chi connectivity index (χ2n) is 5.32. The number of benzene rings is 1. The lowest BCUT2D eigenvalue weighted by Gasteiger charge is -2.23. The van der Waals surface area contributed by atoms with E-state index in [1.54, 1.807) is 18.3 Å². The first-order valence-electron chi connectivity index (χ1n) is 7.10. The van der Waals surface area contributed by atoms with Gasteiger partial charge in [-0.2, -0.15) is 0 Å². The van der Waals surface area contributed by atoms with Crippen LogP contribution < -0.4 is 5.32 Å². The molecule has 0 radical (unpaired) electrons. The van der Waals surface area contributed by atoms with Crippen molar-refractivity contribution < 1.29 is 4.39 Å². The Morgan fingerprint density at radius 2 is 1.81 bits per heavy atom. The minimum Gasteiger partial charge on any atom is -0.353 e. The van der Waals surface area contributed by atoms with E-state index in [0.717, 1.165) is 18.8 Å². The summed E-state index contributed by atoms with van der Waals surface area (Å²) in [5.74, 6) is 0.143. The van der Waals surface area contributed by atoms with Crippen LogP contribution in [0.5, 0.6) is 0 Å². The summed E-state index contributed by atoms with van der Waals surface area (Å²) in [5.41, 5.74) is 0.696. The predicted octanol–water partition coefficient (Wildman–Crippen LogP) is 5.06. The Hall–Kier alpha value is -1.26. The maximum Gasteiger partial charge on any atom is 0.207 e. The molecule has 21 heavy (non-hydrogen) atoms. The number of nitrogens with zero attached hydrogens (tertiary/aromatic N) is 2. The van der Waals surface area contributed by atoms with Crippen LogP contribution in [0.1, 0.15) is 32.1 Å². The highest BCUT2D eigenvalue weighted by atomic mass is 35.5. The van der Waals surface area contributed by atoms with Crippen molar-refractivity contribution in [2.24, 2.45) is 0 Å². The van der Waals surface area contributed by atoms with Crippen LogP contribution in [0.2, 0.25) is 10.0 Å². The van der Waals surface area contributed by atoms with Gasteiger partial charge >= 0.3 is 0 Å². The molecule has 1 saturated carbocycles. The molecule has 0 saturated heterocycles. The summed E-state index contributed by atoms with van der Waals surface area (Å²) in [7, 11) is 0. The summed E-state index contributed by atoms with van der Waals surface area (Å²) >= 11 is 11.7. The molecule has 1 N–H and O–H groups in total. The van der Waals surface area contributed by atoms with Crippen LogP contribution in [0.15, 0.2) is 24.5 Å². The molecular formula is C15H16Cl2FN3. The van der Waals surface area contributed by atoms with Crippen LogP contribution in [0.3, 0.4) is 0 Å². The molecular weight excluding hydrogens is 312 g/mol. The van der Waals surface area contributed by atoms with Crippen LogP contribution in [0, 0.1) is 5.82 Å². The zero-order chi connectivity index (χ0) is 14.8. The quantitative estimate of drug-likeness (QED) is 0.798. The Morgan fingerprint density at radius 1 is 1.14 bits per heavy atom. The molecule has 6 heteroatoms. The number of nitrogens with one attached hydrogen (secondary N) is 1. The lowest BCUT2D eigenvalue weighted by atomic mass is 9.96. The van der Waals surface area contributed by atoms with E-state index in [9.17, 15) is 4.39 Å². The van der Waals surface area contributed by atoms with Crippen LogP contribution >= 0.6 is 23.2 Å². The Labute approximate surface area is 133 Å². The second kappa shape index (κ2) is 6.24. The molecule has 0 bridgehead atoms. The van der Waals surface area contributed by atoms with Crippen molar-refractivity contribution in [3.8, 4) is 5.69 Å². The van der Waals surface area contributed by atoms with Crippen molar-refractivity contribution in [1.82, 2.24) is 9.55 Å². The molecule has 0 aliphatic heterocycles. The van der Waals surface area contributed by atoms with Gasteiger partial charge in [-0.05, 0) is 25.0 Å². The average Bonchev–Trinajstić information content (AvgIpc) is 2.93. The van der Waals surface area contributed by atoms with Crippen molar-refractivity contribution in [2.75, 3.05) is 5.32 Å². The van der Waals surface area contributed by atoms with Crippen LogP contribution in [0.25, 0.3) is 5.69 Å². The monoisotopic (exact) mass is 327 g/mol. The van der Waals surface area contributed by atoms with E-state index in [2.05, 4.69) is 10.3 Å². The normalized spacial score (nSPS) is 16.1. The number of rotatable bonds is 3. The largest absolute Gasteiger partial charge is 0.353 e. The third kappa shape index (κ3) is 3.16. The molecule has 0 spiro atoms. The van der Waals surface area contributed by atoms with Gasteiger partial charge in [-0.25, -0.2) is 9.37 Å². The maximum absolute atomic E-state index is 13.5. The molecule has 1 aliphatic carbocycles. The van der Waals surface area contributed by atoms with Crippen molar-refractivity contribution in [3.63, 3.8) is 0 Å². The standard InChI is InChI=1S/C15H16Cl2FN3/c16-12-8-11(9-13(17)14(12)18)21-7-6-19-15(21)20-10-4-2-1-3-5-10/h6-10H,1-5H2,(H,19,20). The number of halogens is 3. The van der Waals surface area contributed by atoms with Gasteiger partial charge in [0.05, 0.1) is 15.7 Å². The Balaban J connectivity index is 1.88. The van der Waals surface area contributed by atoms with Crippen molar-refractivity contribution in [2.45, 2.75) is 38.1 Å². The van der Waals surface area contributed by atoms with Crippen LogP contribution in [-0.2, 0) is 0 Å². The molecule has 1 aromatic heterocycles. The molecule has 3 rings (SSSR count). The van der Waals surface area contributed by atoms with Gasteiger partial charge in [0.2, 0.25) is 5.95 Å². The molecule has 1 heterocycles. The first-order chi connectivity index (χ1) is 10.1. The molecule has 2 aromatic rings. The van der Waals surface area contributed by atoms with Crippen LogP contribution in [-0.4, -0.2) is 15.6 Å². The molecule has 3 nitrogen and oxygen atoms in total. The van der Waals surface area contributed by atoms with Gasteiger partial charge < -0.3 is 5.32 Å². The second-order valence-corrected chi connectivity index (χ2v) is 6.14. The minimum absolute atomic E-state index is 0.00909. The predicted molar refractivity (Wildman–Crippen MR) is 84.0 cm³/mol. The number of imidazole rings is 1. The van der Waals surface area contributed by atoms with Gasteiger partial charge in [0.25, 0.3) is 0 Å². The van der Waals surface area contributed by atoms with Gasteiger partial charge in [-0.15, -0.1) is 0 Å². The fourth-order valence-electron chi connectivity index (χ4n) is 2.73. The maximum atomic E-state index is 13.5. The van der Waals surface area contributed by atoms with Gasteiger partial charge in [0.15, 0.2) is 5.82 Å². The smallest absolute Gasteiger partial charge is 0.207 e. The number of hydrogen-bond donors (Lipinski definition) is 1. The first kappa shape index (κ1) is 14.7. The van der Waals surface area contributed by atoms with Gasteiger partial charge in [-0.3, -0.25) is 4.57 Å². The van der Waals surface area contributed by atoms with Crippen molar-refractivity contribution in [1.29, 1.82) is 0 Å². The zero-order valence-electron chi connectivity index (χ0n) is 11.5. The fourth-order valence-corrected chi connectivity index (χ4v) is 3.20. The van der Waals surface area contributed by atoms with Crippen LogP contribution in [0.4, 0.5) is 10.3 Å². The molecule has 1 aromatic carbocycles. The first-order valence-corrected chi connectivity index (χ1v) is 7.85. The van der Waals surface area contributed by atoms with E-state index in [0.29, 0.717) is 11.7 Å². The lowest BCUT2D eigenvalue weighted by Crippen LogP contribution is -2.24. The van der Waals surface area contributed by atoms with Crippen molar-refractivity contribution in [3.05, 3.63) is 40.4 Å². The van der Waals surface area contributed by atoms with E-state index in [4.69, 9.17) is 23.2 Å². The highest BCUT2D eigenvalue weighted by Gasteiger charge is 2.16. The third-order valence-electron chi connectivity index (χ3n) is 3.83. The van der Waals surface area contributed by atoms with Crippen molar-refractivity contribution >= 4 is 29.2 Å². The summed E-state index contributed by atoms with van der Waals surface area (Å²) in [6.07, 6.45) is 9.60. The van der Waals surface area contributed by atoms with E-state index in [1.165, 1.54) is 19.3 Å². The summed E-state index contributed by atoms with van der Waals surface area (Å²) in [4.78, 5) is 4.34. The van der Waals surface area contributed by atoms with Gasteiger partial charge in [0.1, 0.15) is 0 Å². The Kier molecular flexibility index (Phi) is 4.36. The fraction of sp³-hybridized carbons (Fsp3) is 0.400. The molecule has 0 amide bonds. The summed E-state index contributed by atoms with van der Waals surface area (Å²) in [6.45, 7) is 0. The number of anilines is 1. The van der Waals surface area contributed by atoms with Gasteiger partial charge in [0, 0.05) is 18.4 Å². The lowest BCUT2D eigenvalue weighted by molar-refractivity contribution is 0.460. The summed E-state index contributed by atoms with van der Waals surface area (Å²) in [6, 6.07) is 3.54. The highest BCUT2D eigenvalue weighted by Crippen LogP contribution is 2.28. The van der Waals surface area contributed by atoms with E-state index >= 15 is 0 Å². The topological polar surface area (TPSA) is 29.9 Å². The third-order valence-corrected chi connectivity index (χ3v) is 4.38.